The van der Waals surface area contributed by atoms with Crippen molar-refractivity contribution in [2.45, 2.75) is 70.8 Å². The van der Waals surface area contributed by atoms with Gasteiger partial charge >= 0.3 is 6.61 Å². The minimum Gasteiger partial charge on any atom is -0.493 e. The van der Waals surface area contributed by atoms with Gasteiger partial charge in [-0.05, 0) is 58.2 Å². The number of rotatable bonds is 6. The molecular weight excluding hydrogens is 314 g/mol. The van der Waals surface area contributed by atoms with Gasteiger partial charge in [0.2, 0.25) is 0 Å². The fraction of sp³-hybridized carbons (Fsp3) is 0.667. The van der Waals surface area contributed by atoms with Crippen molar-refractivity contribution in [3.8, 4) is 11.5 Å². The van der Waals surface area contributed by atoms with Crippen molar-refractivity contribution in [1.29, 1.82) is 0 Å². The minimum atomic E-state index is -2.87. The predicted molar refractivity (Wildman–Crippen MR) is 90.8 cm³/mol. The molecule has 1 aliphatic heterocycles. The molecular formula is C18H28F2N2O2. The van der Waals surface area contributed by atoms with Crippen molar-refractivity contribution in [2.75, 3.05) is 7.11 Å². The van der Waals surface area contributed by atoms with E-state index in [1.165, 1.54) is 7.11 Å². The van der Waals surface area contributed by atoms with Gasteiger partial charge in [-0.2, -0.15) is 8.78 Å². The molecule has 0 spiro atoms. The Morgan fingerprint density at radius 3 is 2.33 bits per heavy atom. The van der Waals surface area contributed by atoms with E-state index in [9.17, 15) is 8.78 Å². The maximum absolute atomic E-state index is 12.5. The highest BCUT2D eigenvalue weighted by Gasteiger charge is 2.37. The summed E-state index contributed by atoms with van der Waals surface area (Å²) in [5.74, 6) is 0.376. The zero-order valence-electron chi connectivity index (χ0n) is 15.1. The molecule has 1 heterocycles. The second-order valence-electron chi connectivity index (χ2n) is 7.74. The van der Waals surface area contributed by atoms with Gasteiger partial charge in [0.1, 0.15) is 0 Å². The van der Waals surface area contributed by atoms with E-state index in [-0.39, 0.29) is 16.8 Å². The fourth-order valence-corrected chi connectivity index (χ4v) is 3.75. The molecule has 0 aromatic heterocycles. The molecule has 4 nitrogen and oxygen atoms in total. The molecule has 1 aliphatic rings. The highest BCUT2D eigenvalue weighted by molar-refractivity contribution is 5.43. The van der Waals surface area contributed by atoms with Crippen LogP contribution in [0.3, 0.4) is 0 Å². The summed E-state index contributed by atoms with van der Waals surface area (Å²) in [5, 5.41) is 7.19. The molecule has 2 N–H and O–H groups in total. The summed E-state index contributed by atoms with van der Waals surface area (Å²) in [4.78, 5) is 0. The first kappa shape index (κ1) is 18.9. The van der Waals surface area contributed by atoms with Gasteiger partial charge in [0.25, 0.3) is 0 Å². The van der Waals surface area contributed by atoms with E-state index in [0.717, 1.165) is 18.4 Å². The average Bonchev–Trinajstić information content (AvgIpc) is 2.41. The van der Waals surface area contributed by atoms with Gasteiger partial charge in [-0.3, -0.25) is 0 Å². The van der Waals surface area contributed by atoms with Gasteiger partial charge in [-0.15, -0.1) is 0 Å². The van der Waals surface area contributed by atoms with Crippen LogP contribution in [0.1, 0.15) is 46.1 Å². The minimum absolute atomic E-state index is 0.0588. The van der Waals surface area contributed by atoms with E-state index in [1.807, 2.05) is 6.07 Å². The van der Waals surface area contributed by atoms with Crippen LogP contribution in [0.2, 0.25) is 0 Å². The van der Waals surface area contributed by atoms with Crippen LogP contribution in [0.25, 0.3) is 0 Å². The smallest absolute Gasteiger partial charge is 0.387 e. The zero-order valence-corrected chi connectivity index (χ0v) is 15.1. The Hall–Kier alpha value is -1.40. The van der Waals surface area contributed by atoms with Gasteiger partial charge in [0.05, 0.1) is 7.11 Å². The maximum Gasteiger partial charge on any atom is 0.387 e. The van der Waals surface area contributed by atoms with Crippen molar-refractivity contribution in [1.82, 2.24) is 10.6 Å². The molecule has 0 unspecified atom stereocenters. The lowest BCUT2D eigenvalue weighted by atomic mass is 9.79. The standard InChI is InChI=1S/C18H28F2N2O2/c1-17(2)9-13(10-18(3,4)22-17)21-11-12-6-7-14(23-5)15(8-12)24-16(19)20/h6-8,13,16,21-22H,9-11H2,1-5H3. The molecule has 136 valence electrons. The largest absolute Gasteiger partial charge is 0.493 e. The summed E-state index contributed by atoms with van der Waals surface area (Å²) < 4.78 is 34.6. The van der Waals surface area contributed by atoms with Gasteiger partial charge in [-0.1, -0.05) is 6.07 Å². The topological polar surface area (TPSA) is 42.5 Å². The molecule has 1 fully saturated rings. The normalized spacial score (nSPS) is 20.2. The lowest BCUT2D eigenvalue weighted by Crippen LogP contribution is -2.61. The average molecular weight is 342 g/mol. The van der Waals surface area contributed by atoms with E-state index in [1.54, 1.807) is 12.1 Å². The fourth-order valence-electron chi connectivity index (χ4n) is 3.75. The van der Waals surface area contributed by atoms with Crippen molar-refractivity contribution in [2.24, 2.45) is 0 Å². The molecule has 0 bridgehead atoms. The summed E-state index contributed by atoms with van der Waals surface area (Å²) in [6.07, 6.45) is 2.01. The molecule has 1 aromatic carbocycles. The highest BCUT2D eigenvalue weighted by atomic mass is 19.3. The number of hydrogen-bond donors (Lipinski definition) is 2. The zero-order chi connectivity index (χ0) is 18.0. The van der Waals surface area contributed by atoms with E-state index in [2.05, 4.69) is 43.1 Å². The first-order valence-electron chi connectivity index (χ1n) is 8.25. The van der Waals surface area contributed by atoms with Crippen molar-refractivity contribution < 1.29 is 18.3 Å². The predicted octanol–water partition coefficient (Wildman–Crippen LogP) is 3.70. The summed E-state index contributed by atoms with van der Waals surface area (Å²) in [6.45, 7) is 6.53. The second-order valence-corrected chi connectivity index (χ2v) is 7.74. The SMILES string of the molecule is COc1ccc(CNC2CC(C)(C)NC(C)(C)C2)cc1OC(F)F. The summed E-state index contributed by atoms with van der Waals surface area (Å²) >= 11 is 0. The Labute approximate surface area is 142 Å². The quantitative estimate of drug-likeness (QED) is 0.827. The monoisotopic (exact) mass is 342 g/mol. The van der Waals surface area contributed by atoms with E-state index in [0.29, 0.717) is 18.3 Å². The van der Waals surface area contributed by atoms with Gasteiger partial charge in [0.15, 0.2) is 11.5 Å². The third-order valence-electron chi connectivity index (χ3n) is 4.23. The third kappa shape index (κ3) is 5.31. The van der Waals surface area contributed by atoms with Crippen molar-refractivity contribution >= 4 is 0 Å². The number of halogens is 2. The van der Waals surface area contributed by atoms with Crippen LogP contribution in [0.5, 0.6) is 11.5 Å². The molecule has 0 radical (unpaired) electrons. The lowest BCUT2D eigenvalue weighted by molar-refractivity contribution is -0.0512. The van der Waals surface area contributed by atoms with Crippen LogP contribution >= 0.6 is 0 Å². The van der Waals surface area contributed by atoms with Crippen LogP contribution in [0, 0.1) is 0 Å². The summed E-state index contributed by atoms with van der Waals surface area (Å²) in [6, 6.07) is 5.49. The summed E-state index contributed by atoms with van der Waals surface area (Å²) in [7, 11) is 1.44. The second kappa shape index (κ2) is 7.23. The van der Waals surface area contributed by atoms with Crippen molar-refractivity contribution in [3.63, 3.8) is 0 Å². The first-order chi connectivity index (χ1) is 11.1. The Bertz CT molecular complexity index is 546. The molecule has 1 aromatic rings. The van der Waals surface area contributed by atoms with E-state index in [4.69, 9.17) is 4.74 Å². The maximum atomic E-state index is 12.5. The van der Waals surface area contributed by atoms with Crippen LogP contribution in [0.15, 0.2) is 18.2 Å². The molecule has 24 heavy (non-hydrogen) atoms. The molecule has 2 rings (SSSR count). The number of methoxy groups -OCH3 is 1. The van der Waals surface area contributed by atoms with E-state index >= 15 is 0 Å². The van der Waals surface area contributed by atoms with Crippen LogP contribution in [-0.2, 0) is 6.54 Å². The molecule has 0 aliphatic carbocycles. The molecule has 0 saturated carbocycles. The van der Waals surface area contributed by atoms with Crippen LogP contribution in [-0.4, -0.2) is 30.8 Å². The van der Waals surface area contributed by atoms with Gasteiger partial charge < -0.3 is 20.1 Å². The van der Waals surface area contributed by atoms with E-state index < -0.39 is 6.61 Å². The first-order valence-corrected chi connectivity index (χ1v) is 8.25. The number of hydrogen-bond acceptors (Lipinski definition) is 4. The molecule has 0 amide bonds. The Morgan fingerprint density at radius 1 is 1.17 bits per heavy atom. The highest BCUT2D eigenvalue weighted by Crippen LogP contribution is 2.31. The molecule has 6 heteroatoms. The van der Waals surface area contributed by atoms with Crippen LogP contribution < -0.4 is 20.1 Å². The number of nitrogens with one attached hydrogen (secondary N) is 2. The number of benzene rings is 1. The number of ether oxygens (including phenoxy) is 2. The third-order valence-corrected chi connectivity index (χ3v) is 4.23. The number of alkyl halides is 2. The lowest BCUT2D eigenvalue weighted by Gasteiger charge is -2.46. The molecule has 0 atom stereocenters. The Morgan fingerprint density at radius 2 is 1.79 bits per heavy atom. The number of piperidine rings is 1. The Kier molecular flexibility index (Phi) is 5.71. The summed E-state index contributed by atoms with van der Waals surface area (Å²) in [5.41, 5.74) is 1.01. The van der Waals surface area contributed by atoms with Crippen molar-refractivity contribution in [3.05, 3.63) is 23.8 Å². The van der Waals surface area contributed by atoms with Gasteiger partial charge in [0, 0.05) is 23.7 Å². The van der Waals surface area contributed by atoms with Gasteiger partial charge in [-0.25, -0.2) is 0 Å². The van der Waals surface area contributed by atoms with Crippen LogP contribution in [0.4, 0.5) is 8.78 Å². The molecule has 1 saturated heterocycles. The Balaban J connectivity index is 2.03.